The maximum absolute atomic E-state index is 12.3. The molecule has 0 spiro atoms. The molecule has 5 nitrogen and oxygen atoms in total. The van der Waals surface area contributed by atoms with Gasteiger partial charge in [-0.25, -0.2) is 0 Å². The Bertz CT molecular complexity index is 754. The molecule has 3 rings (SSSR count). The van der Waals surface area contributed by atoms with E-state index in [0.717, 1.165) is 24.2 Å². The van der Waals surface area contributed by atoms with Crippen LogP contribution in [0.1, 0.15) is 50.5 Å². The van der Waals surface area contributed by atoms with Crippen molar-refractivity contribution >= 4 is 18.1 Å². The zero-order valence-electron chi connectivity index (χ0n) is 14.8. The summed E-state index contributed by atoms with van der Waals surface area (Å²) in [6.07, 6.45) is 7.64. The van der Waals surface area contributed by atoms with Crippen LogP contribution in [0.15, 0.2) is 24.3 Å². The summed E-state index contributed by atoms with van der Waals surface area (Å²) in [6.45, 7) is 2.59. The van der Waals surface area contributed by atoms with Crippen molar-refractivity contribution in [2.75, 3.05) is 0 Å². The predicted molar refractivity (Wildman–Crippen MR) is 102 cm³/mol. The standard InChI is InChI=1S/C19H26N4OS/c1-14-8-10-15(11-9-14)18-21-22-19(25)23(18)13-12-17(24)20-16-6-4-2-3-5-7-16/h8-11,16H,2-7,12-13H2,1H3,(H,20,24)(H,22,25). The van der Waals surface area contributed by atoms with Crippen LogP contribution in [0.25, 0.3) is 11.4 Å². The molecule has 0 saturated heterocycles. The van der Waals surface area contributed by atoms with Crippen molar-refractivity contribution in [2.24, 2.45) is 0 Å². The minimum atomic E-state index is 0.102. The molecule has 1 aliphatic rings. The van der Waals surface area contributed by atoms with Gasteiger partial charge in [-0.3, -0.25) is 14.5 Å². The summed E-state index contributed by atoms with van der Waals surface area (Å²) >= 11 is 5.34. The molecule has 0 atom stereocenters. The van der Waals surface area contributed by atoms with Crippen LogP contribution in [0.5, 0.6) is 0 Å². The van der Waals surface area contributed by atoms with Crippen LogP contribution in [0, 0.1) is 11.7 Å². The van der Waals surface area contributed by atoms with Gasteiger partial charge in [-0.15, -0.1) is 0 Å². The lowest BCUT2D eigenvalue weighted by Gasteiger charge is -2.16. The Labute approximate surface area is 153 Å². The highest BCUT2D eigenvalue weighted by atomic mass is 32.1. The summed E-state index contributed by atoms with van der Waals surface area (Å²) in [5.41, 5.74) is 2.20. The highest BCUT2D eigenvalue weighted by Gasteiger charge is 2.15. The lowest BCUT2D eigenvalue weighted by Crippen LogP contribution is -2.34. The summed E-state index contributed by atoms with van der Waals surface area (Å²) in [5.74, 6) is 0.886. The van der Waals surface area contributed by atoms with Crippen LogP contribution in [0.2, 0.25) is 0 Å². The summed E-state index contributed by atoms with van der Waals surface area (Å²) in [7, 11) is 0. The van der Waals surface area contributed by atoms with Gasteiger partial charge in [0.05, 0.1) is 0 Å². The molecule has 2 N–H and O–H groups in total. The quantitative estimate of drug-likeness (QED) is 0.623. The fourth-order valence-corrected chi connectivity index (χ4v) is 3.61. The number of rotatable bonds is 5. The Morgan fingerprint density at radius 2 is 1.92 bits per heavy atom. The van der Waals surface area contributed by atoms with E-state index in [4.69, 9.17) is 12.2 Å². The van der Waals surface area contributed by atoms with Gasteiger partial charge in [0, 0.05) is 24.6 Å². The van der Waals surface area contributed by atoms with Crippen molar-refractivity contribution in [3.8, 4) is 11.4 Å². The average Bonchev–Trinajstić information content (AvgIpc) is 2.80. The smallest absolute Gasteiger partial charge is 0.222 e. The van der Waals surface area contributed by atoms with Gasteiger partial charge in [-0.05, 0) is 32.0 Å². The molecule has 2 aromatic rings. The van der Waals surface area contributed by atoms with E-state index in [2.05, 4.69) is 34.6 Å². The van der Waals surface area contributed by atoms with Crippen molar-refractivity contribution < 1.29 is 4.79 Å². The molecule has 134 valence electrons. The lowest BCUT2D eigenvalue weighted by atomic mass is 10.1. The maximum Gasteiger partial charge on any atom is 0.222 e. The van der Waals surface area contributed by atoms with Gasteiger partial charge in [0.1, 0.15) is 0 Å². The minimum absolute atomic E-state index is 0.102. The number of benzene rings is 1. The van der Waals surface area contributed by atoms with E-state index >= 15 is 0 Å². The molecule has 1 aromatic heterocycles. The number of aromatic amines is 1. The normalized spacial score (nSPS) is 15.7. The van der Waals surface area contributed by atoms with Gasteiger partial charge in [-0.1, -0.05) is 55.5 Å². The van der Waals surface area contributed by atoms with Crippen LogP contribution in [-0.4, -0.2) is 26.7 Å². The Balaban J connectivity index is 1.63. The van der Waals surface area contributed by atoms with Gasteiger partial charge < -0.3 is 5.32 Å². The molecule has 0 radical (unpaired) electrons. The molecule has 1 aromatic carbocycles. The number of carbonyl (C=O) groups excluding carboxylic acids is 1. The van der Waals surface area contributed by atoms with Crippen molar-refractivity contribution in [1.82, 2.24) is 20.1 Å². The number of amides is 1. The van der Waals surface area contributed by atoms with Gasteiger partial charge >= 0.3 is 0 Å². The predicted octanol–water partition coefficient (Wildman–Crippen LogP) is 4.15. The summed E-state index contributed by atoms with van der Waals surface area (Å²) in [6, 6.07) is 8.50. The summed E-state index contributed by atoms with van der Waals surface area (Å²) in [4.78, 5) is 12.3. The molecule has 25 heavy (non-hydrogen) atoms. The third-order valence-electron chi connectivity index (χ3n) is 4.85. The van der Waals surface area contributed by atoms with Gasteiger partial charge in [0.15, 0.2) is 10.6 Å². The third-order valence-corrected chi connectivity index (χ3v) is 5.16. The van der Waals surface area contributed by atoms with Crippen LogP contribution >= 0.6 is 12.2 Å². The van der Waals surface area contributed by atoms with E-state index in [1.165, 1.54) is 31.2 Å². The molecule has 6 heteroatoms. The number of aryl methyl sites for hydroxylation is 1. The number of nitrogens with zero attached hydrogens (tertiary/aromatic N) is 2. The van der Waals surface area contributed by atoms with Crippen LogP contribution in [0.3, 0.4) is 0 Å². The van der Waals surface area contributed by atoms with E-state index in [1.54, 1.807) is 0 Å². The first-order valence-electron chi connectivity index (χ1n) is 9.15. The first-order chi connectivity index (χ1) is 12.1. The van der Waals surface area contributed by atoms with E-state index in [0.29, 0.717) is 23.8 Å². The molecule has 0 aliphatic heterocycles. The molecule has 0 unspecified atom stereocenters. The zero-order valence-corrected chi connectivity index (χ0v) is 15.6. The fraction of sp³-hybridized carbons (Fsp3) is 0.526. The molecule has 1 amide bonds. The number of carbonyl (C=O) groups is 1. The molecule has 1 fully saturated rings. The Morgan fingerprint density at radius 3 is 2.60 bits per heavy atom. The first-order valence-corrected chi connectivity index (χ1v) is 9.56. The highest BCUT2D eigenvalue weighted by Crippen LogP contribution is 2.19. The number of H-pyrrole nitrogens is 1. The van der Waals surface area contributed by atoms with Crippen molar-refractivity contribution in [1.29, 1.82) is 0 Å². The summed E-state index contributed by atoms with van der Waals surface area (Å²) in [5, 5.41) is 10.4. The van der Waals surface area contributed by atoms with Gasteiger partial charge in [0.25, 0.3) is 0 Å². The second-order valence-corrected chi connectivity index (χ2v) is 7.26. The van der Waals surface area contributed by atoms with Crippen LogP contribution < -0.4 is 5.32 Å². The highest BCUT2D eigenvalue weighted by molar-refractivity contribution is 7.71. The van der Waals surface area contributed by atoms with Crippen molar-refractivity contribution in [3.05, 3.63) is 34.6 Å². The number of aromatic nitrogens is 3. The second kappa shape index (κ2) is 8.43. The molecular formula is C19H26N4OS. The van der Waals surface area contributed by atoms with E-state index < -0.39 is 0 Å². The zero-order chi connectivity index (χ0) is 17.6. The third kappa shape index (κ3) is 4.78. The Hall–Kier alpha value is -1.95. The molecule has 1 heterocycles. The van der Waals surface area contributed by atoms with Crippen molar-refractivity contribution in [3.63, 3.8) is 0 Å². The number of hydrogen-bond donors (Lipinski definition) is 2. The summed E-state index contributed by atoms with van der Waals surface area (Å²) < 4.78 is 2.46. The largest absolute Gasteiger partial charge is 0.353 e. The first kappa shape index (κ1) is 17.9. The van der Waals surface area contributed by atoms with Crippen molar-refractivity contribution in [2.45, 2.75) is 64.5 Å². The van der Waals surface area contributed by atoms with E-state index in [1.807, 2.05) is 16.7 Å². The topological polar surface area (TPSA) is 62.7 Å². The maximum atomic E-state index is 12.3. The fourth-order valence-electron chi connectivity index (χ4n) is 3.39. The minimum Gasteiger partial charge on any atom is -0.353 e. The SMILES string of the molecule is Cc1ccc(-c2n[nH]c(=S)n2CCC(=O)NC2CCCCCC2)cc1. The Kier molecular flexibility index (Phi) is 6.02. The average molecular weight is 359 g/mol. The van der Waals surface area contributed by atoms with Crippen LogP contribution in [0.4, 0.5) is 0 Å². The van der Waals surface area contributed by atoms with E-state index in [-0.39, 0.29) is 5.91 Å². The van der Waals surface area contributed by atoms with Gasteiger partial charge in [0.2, 0.25) is 5.91 Å². The van der Waals surface area contributed by atoms with E-state index in [9.17, 15) is 4.79 Å². The molecular weight excluding hydrogens is 332 g/mol. The number of nitrogens with one attached hydrogen (secondary N) is 2. The van der Waals surface area contributed by atoms with Crippen LogP contribution in [-0.2, 0) is 11.3 Å². The second-order valence-electron chi connectivity index (χ2n) is 6.88. The lowest BCUT2D eigenvalue weighted by molar-refractivity contribution is -0.122. The molecule has 1 saturated carbocycles. The molecule has 1 aliphatic carbocycles. The Morgan fingerprint density at radius 1 is 1.24 bits per heavy atom. The number of hydrogen-bond acceptors (Lipinski definition) is 3. The monoisotopic (exact) mass is 358 g/mol. The van der Waals surface area contributed by atoms with Gasteiger partial charge in [-0.2, -0.15) is 5.10 Å². The molecule has 0 bridgehead atoms.